The van der Waals surface area contributed by atoms with Crippen LogP contribution in [0.2, 0.25) is 0 Å². The molecule has 9 nitrogen and oxygen atoms in total. The number of ether oxygens (including phenoxy) is 1. The highest BCUT2D eigenvalue weighted by Crippen LogP contribution is 2.43. The second-order valence-corrected chi connectivity index (χ2v) is 7.87. The van der Waals surface area contributed by atoms with E-state index in [1.807, 2.05) is 0 Å². The minimum atomic E-state index is -4.62. The third-order valence-electron chi connectivity index (χ3n) is 4.40. The molecule has 2 aromatic rings. The summed E-state index contributed by atoms with van der Waals surface area (Å²) in [5.74, 6) is -4.04. The molecule has 0 unspecified atom stereocenters. The van der Waals surface area contributed by atoms with Crippen molar-refractivity contribution in [1.29, 1.82) is 0 Å². The number of nitrogens with two attached hydrogens (primary N) is 1. The molecule has 0 bridgehead atoms. The summed E-state index contributed by atoms with van der Waals surface area (Å²) in [7, 11) is -4.62. The van der Waals surface area contributed by atoms with Gasteiger partial charge in [-0.05, 0) is 24.6 Å². The van der Waals surface area contributed by atoms with Crippen LogP contribution in [0.4, 0.5) is 14.6 Å². The highest BCUT2D eigenvalue weighted by atomic mass is 32.2. The number of aromatic nitrogens is 2. The van der Waals surface area contributed by atoms with Gasteiger partial charge in [-0.2, -0.15) is 22.2 Å². The van der Waals surface area contributed by atoms with Crippen LogP contribution in [0, 0.1) is 6.92 Å². The number of rotatable bonds is 4. The SMILES string of the molecule is Cc1ccc(S(=O)(=O)O)c(C[C@H]2O[C@@H](n3ccc(N)nc3=O)C(F)(F)[C@@H]2O)c1. The molecule has 0 spiro atoms. The summed E-state index contributed by atoms with van der Waals surface area (Å²) >= 11 is 0. The Morgan fingerprint density at radius 2 is 2.04 bits per heavy atom. The van der Waals surface area contributed by atoms with Crippen LogP contribution in [0.1, 0.15) is 17.4 Å². The van der Waals surface area contributed by atoms with E-state index in [-0.39, 0.29) is 11.4 Å². The topological polar surface area (TPSA) is 145 Å². The van der Waals surface area contributed by atoms with Crippen LogP contribution in [0.15, 0.2) is 40.2 Å². The third kappa shape index (κ3) is 3.63. The van der Waals surface area contributed by atoms with E-state index in [1.54, 1.807) is 6.92 Å². The predicted molar refractivity (Wildman–Crippen MR) is 92.5 cm³/mol. The molecule has 0 saturated carbocycles. The molecule has 1 aliphatic heterocycles. The van der Waals surface area contributed by atoms with Gasteiger partial charge in [-0.1, -0.05) is 17.7 Å². The van der Waals surface area contributed by atoms with Crippen molar-refractivity contribution in [3.8, 4) is 0 Å². The van der Waals surface area contributed by atoms with Gasteiger partial charge in [-0.15, -0.1) is 0 Å². The highest BCUT2D eigenvalue weighted by molar-refractivity contribution is 7.85. The van der Waals surface area contributed by atoms with Crippen molar-refractivity contribution in [3.63, 3.8) is 0 Å². The summed E-state index contributed by atoms with van der Waals surface area (Å²) in [5.41, 5.74) is 4.85. The molecule has 1 aromatic heterocycles. The summed E-state index contributed by atoms with van der Waals surface area (Å²) in [6.07, 6.45) is -5.52. The van der Waals surface area contributed by atoms with Crippen LogP contribution in [0.25, 0.3) is 0 Å². The number of aliphatic hydroxyl groups excluding tert-OH is 1. The average Bonchev–Trinajstić information content (AvgIpc) is 2.78. The van der Waals surface area contributed by atoms with Crippen LogP contribution in [-0.4, -0.2) is 45.8 Å². The second kappa shape index (κ2) is 6.88. The summed E-state index contributed by atoms with van der Waals surface area (Å²) < 4.78 is 67.3. The van der Waals surface area contributed by atoms with Gasteiger partial charge in [0.25, 0.3) is 10.1 Å². The Morgan fingerprint density at radius 3 is 2.64 bits per heavy atom. The monoisotopic (exact) mass is 417 g/mol. The Labute approximate surface area is 158 Å². The van der Waals surface area contributed by atoms with E-state index in [9.17, 15) is 31.7 Å². The van der Waals surface area contributed by atoms with Gasteiger partial charge in [0.15, 0.2) is 0 Å². The molecule has 3 atom stereocenters. The van der Waals surface area contributed by atoms with Crippen molar-refractivity contribution in [2.45, 2.75) is 42.6 Å². The van der Waals surface area contributed by atoms with Crippen LogP contribution < -0.4 is 11.4 Å². The van der Waals surface area contributed by atoms with Crippen molar-refractivity contribution in [2.75, 3.05) is 5.73 Å². The minimum Gasteiger partial charge on any atom is -0.384 e. The Balaban J connectivity index is 1.98. The zero-order valence-electron chi connectivity index (χ0n) is 14.5. The van der Waals surface area contributed by atoms with Gasteiger partial charge >= 0.3 is 11.6 Å². The molecule has 1 fully saturated rings. The van der Waals surface area contributed by atoms with Gasteiger partial charge < -0.3 is 15.6 Å². The number of alkyl halides is 2. The molecular formula is C16H17F2N3O6S. The van der Waals surface area contributed by atoms with Gasteiger partial charge in [-0.3, -0.25) is 9.12 Å². The predicted octanol–water partition coefficient (Wildman–Crippen LogP) is 0.517. The zero-order valence-corrected chi connectivity index (χ0v) is 15.3. The lowest BCUT2D eigenvalue weighted by atomic mass is 10.0. The van der Waals surface area contributed by atoms with Crippen LogP contribution in [0.3, 0.4) is 0 Å². The molecular weight excluding hydrogens is 400 g/mol. The van der Waals surface area contributed by atoms with Crippen molar-refractivity contribution in [3.05, 3.63) is 52.1 Å². The van der Waals surface area contributed by atoms with Crippen LogP contribution in [0.5, 0.6) is 0 Å². The van der Waals surface area contributed by atoms with E-state index in [0.717, 1.165) is 18.3 Å². The lowest BCUT2D eigenvalue weighted by molar-refractivity contribution is -0.140. The first-order chi connectivity index (χ1) is 12.9. The normalized spacial score (nSPS) is 24.4. The summed E-state index contributed by atoms with van der Waals surface area (Å²) in [6.45, 7) is 1.64. The largest absolute Gasteiger partial charge is 0.384 e. The summed E-state index contributed by atoms with van der Waals surface area (Å²) in [4.78, 5) is 14.8. The summed E-state index contributed by atoms with van der Waals surface area (Å²) in [5, 5.41) is 10.1. The molecule has 1 aromatic carbocycles. The van der Waals surface area contributed by atoms with Crippen LogP contribution >= 0.6 is 0 Å². The molecule has 28 heavy (non-hydrogen) atoms. The molecule has 12 heteroatoms. The standard InChI is InChI=1S/C16H17F2N3O6S/c1-8-2-3-11(28(24,25)26)9(6-8)7-10-13(22)16(17,18)14(27-10)21-5-4-12(19)20-15(21)23/h2-6,10,13-14,22H,7H2,1H3,(H2,19,20,23)(H,24,25,26)/t10-,13-,14-/m1/s1. The Kier molecular flexibility index (Phi) is 5.00. The van der Waals surface area contributed by atoms with E-state index in [4.69, 9.17) is 10.5 Å². The molecule has 2 heterocycles. The molecule has 4 N–H and O–H groups in total. The van der Waals surface area contributed by atoms with Gasteiger partial charge in [0.05, 0.1) is 11.0 Å². The maximum absolute atomic E-state index is 14.6. The van der Waals surface area contributed by atoms with Crippen molar-refractivity contribution < 1.29 is 31.6 Å². The molecule has 0 aliphatic carbocycles. The number of hydrogen-bond donors (Lipinski definition) is 3. The highest BCUT2D eigenvalue weighted by Gasteiger charge is 2.59. The smallest absolute Gasteiger partial charge is 0.351 e. The van der Waals surface area contributed by atoms with E-state index in [1.165, 1.54) is 12.1 Å². The zero-order chi connectivity index (χ0) is 20.9. The van der Waals surface area contributed by atoms with Gasteiger partial charge in [0.2, 0.25) is 6.23 Å². The Hall–Kier alpha value is -2.41. The van der Waals surface area contributed by atoms with Crippen LogP contribution in [-0.2, 0) is 21.3 Å². The van der Waals surface area contributed by atoms with Crippen molar-refractivity contribution in [1.82, 2.24) is 9.55 Å². The fourth-order valence-corrected chi connectivity index (χ4v) is 3.79. The van der Waals surface area contributed by atoms with Crippen molar-refractivity contribution in [2.24, 2.45) is 0 Å². The maximum atomic E-state index is 14.6. The van der Waals surface area contributed by atoms with Gasteiger partial charge in [-0.25, -0.2) is 4.79 Å². The fourth-order valence-electron chi connectivity index (χ4n) is 3.08. The number of benzene rings is 1. The summed E-state index contributed by atoms with van der Waals surface area (Å²) in [6, 6.07) is 5.06. The molecule has 3 rings (SSSR count). The average molecular weight is 417 g/mol. The Morgan fingerprint density at radius 1 is 1.36 bits per heavy atom. The molecule has 152 valence electrons. The number of nitrogens with zero attached hydrogens (tertiary/aromatic N) is 2. The molecule has 1 aliphatic rings. The Bertz CT molecular complexity index is 1070. The quantitative estimate of drug-likeness (QED) is 0.611. The number of halogens is 2. The first-order valence-electron chi connectivity index (χ1n) is 8.04. The van der Waals surface area contributed by atoms with Crippen molar-refractivity contribution >= 4 is 15.9 Å². The number of hydrogen-bond acceptors (Lipinski definition) is 7. The van der Waals surface area contributed by atoms with Gasteiger partial charge in [0, 0.05) is 12.6 Å². The second-order valence-electron chi connectivity index (χ2n) is 6.48. The molecule has 0 amide bonds. The first-order valence-corrected chi connectivity index (χ1v) is 9.48. The van der Waals surface area contributed by atoms with E-state index in [0.29, 0.717) is 10.1 Å². The number of anilines is 1. The van der Waals surface area contributed by atoms with Gasteiger partial charge in [0.1, 0.15) is 11.9 Å². The molecule has 0 radical (unpaired) electrons. The minimum absolute atomic E-state index is 0.00854. The first kappa shape index (κ1) is 20.3. The molecule has 1 saturated heterocycles. The third-order valence-corrected chi connectivity index (χ3v) is 5.35. The number of aryl methyl sites for hydroxylation is 1. The van der Waals surface area contributed by atoms with E-state index < -0.39 is 51.5 Å². The fraction of sp³-hybridized carbons (Fsp3) is 0.375. The maximum Gasteiger partial charge on any atom is 0.351 e. The van der Waals surface area contributed by atoms with E-state index >= 15 is 0 Å². The number of aliphatic hydroxyl groups is 1. The van der Waals surface area contributed by atoms with E-state index in [2.05, 4.69) is 4.98 Å². The lowest BCUT2D eigenvalue weighted by Crippen LogP contribution is -2.41. The number of nitrogen functional groups attached to an aromatic ring is 1. The lowest BCUT2D eigenvalue weighted by Gasteiger charge is -2.20.